The highest BCUT2D eigenvalue weighted by Gasteiger charge is 2.62. The monoisotopic (exact) mass is 694 g/mol. The number of nitrogens with one attached hydrogen (secondary N) is 1. The Hall–Kier alpha value is -5.78. The number of aromatic nitrogens is 1. The number of hydrogen-bond donors (Lipinski definition) is 1. The fourth-order valence-electron chi connectivity index (χ4n) is 6.44. The zero-order valence-corrected chi connectivity index (χ0v) is 29.2. The third kappa shape index (κ3) is 7.12. The van der Waals surface area contributed by atoms with Crippen LogP contribution in [-0.4, -0.2) is 84.5 Å². The van der Waals surface area contributed by atoms with E-state index in [2.05, 4.69) is 11.9 Å². The summed E-state index contributed by atoms with van der Waals surface area (Å²) in [5.74, 6) is 0.622. The Morgan fingerprint density at radius 3 is 2.39 bits per heavy atom. The fourth-order valence-corrected chi connectivity index (χ4v) is 6.44. The molecule has 12 nitrogen and oxygen atoms in total. The second-order valence-electron chi connectivity index (χ2n) is 12.3. The highest BCUT2D eigenvalue weighted by molar-refractivity contribution is 5.95. The summed E-state index contributed by atoms with van der Waals surface area (Å²) in [5.41, 5.74) is 1.000. The Labute approximate surface area is 296 Å². The molecule has 1 saturated carbocycles. The molecule has 3 aromatic carbocycles. The van der Waals surface area contributed by atoms with Crippen molar-refractivity contribution in [2.24, 2.45) is 5.92 Å². The van der Waals surface area contributed by atoms with Gasteiger partial charge in [0, 0.05) is 35.4 Å². The summed E-state index contributed by atoms with van der Waals surface area (Å²) in [5, 5.41) is 4.84. The first kappa shape index (κ1) is 35.1. The van der Waals surface area contributed by atoms with Gasteiger partial charge in [-0.3, -0.25) is 4.79 Å². The summed E-state index contributed by atoms with van der Waals surface area (Å²) in [4.78, 5) is 53.9. The number of benzene rings is 3. The molecular formula is C39H42N4O8. The number of likely N-dealkylation sites (tertiary alicyclic amines) is 1. The van der Waals surface area contributed by atoms with Crippen molar-refractivity contribution in [3.8, 4) is 34.3 Å². The molecule has 1 saturated heterocycles. The van der Waals surface area contributed by atoms with Crippen molar-refractivity contribution in [1.29, 1.82) is 0 Å². The minimum Gasteiger partial charge on any atom is -0.497 e. The summed E-state index contributed by atoms with van der Waals surface area (Å²) >= 11 is 0. The van der Waals surface area contributed by atoms with Crippen molar-refractivity contribution in [1.82, 2.24) is 20.3 Å². The number of amides is 3. The van der Waals surface area contributed by atoms with Crippen molar-refractivity contribution in [2.45, 2.75) is 44.4 Å². The number of hydrogen-bond acceptors (Lipinski definition) is 9. The van der Waals surface area contributed by atoms with Gasteiger partial charge in [0.05, 0.1) is 45.1 Å². The van der Waals surface area contributed by atoms with Crippen LogP contribution in [0.25, 0.3) is 22.2 Å². The van der Waals surface area contributed by atoms with Gasteiger partial charge in [0.25, 0.3) is 0 Å². The molecule has 0 radical (unpaired) electrons. The Morgan fingerprint density at radius 1 is 0.980 bits per heavy atom. The van der Waals surface area contributed by atoms with Gasteiger partial charge >= 0.3 is 12.0 Å². The lowest BCUT2D eigenvalue weighted by Crippen LogP contribution is -2.55. The standard InChI is InChI=1S/C39H42N4O8/c1-6-26-23-39(26,37(45)49-8-3)41-36(44)32-21-28(24-42(32)38(46)43(7-2)51-34-17-13-12-16-33(34)48-5)50-35-22-30(25-14-10-9-11-15-25)40-31-20-27(47-4)18-19-29(31)35/h6,9-20,22,26,28,32H,1,7-8,21,23-24H2,2-5H3,(H,41,44)/t26-,28-,32+,39-/m1/s1. The van der Waals surface area contributed by atoms with Gasteiger partial charge in [-0.1, -0.05) is 48.5 Å². The molecule has 51 heavy (non-hydrogen) atoms. The SMILES string of the molecule is C=C[C@@H]1C[C@]1(NC(=O)[C@@H]1C[C@@H](Oc2cc(-c3ccccc3)nc3cc(OC)ccc23)CN1C(=O)N(CC)Oc1ccccc1OC)C(=O)OCC. The number of hydroxylamine groups is 2. The maximum Gasteiger partial charge on any atom is 0.353 e. The van der Waals surface area contributed by atoms with E-state index in [1.54, 1.807) is 51.3 Å². The van der Waals surface area contributed by atoms with Crippen LogP contribution in [0.15, 0.2) is 91.5 Å². The van der Waals surface area contributed by atoms with Gasteiger partial charge in [0.1, 0.15) is 29.2 Å². The van der Waals surface area contributed by atoms with Crippen molar-refractivity contribution >= 4 is 28.8 Å². The van der Waals surface area contributed by atoms with E-state index in [1.807, 2.05) is 54.6 Å². The van der Waals surface area contributed by atoms with Crippen LogP contribution in [0.3, 0.4) is 0 Å². The van der Waals surface area contributed by atoms with Crippen molar-refractivity contribution in [3.63, 3.8) is 0 Å². The number of methoxy groups -OCH3 is 2. The quantitative estimate of drug-likeness (QED) is 0.105. The second-order valence-corrected chi connectivity index (χ2v) is 12.3. The predicted octanol–water partition coefficient (Wildman–Crippen LogP) is 5.80. The average Bonchev–Trinajstić information content (AvgIpc) is 3.72. The molecule has 266 valence electrons. The zero-order valence-electron chi connectivity index (χ0n) is 29.2. The van der Waals surface area contributed by atoms with Crippen LogP contribution >= 0.6 is 0 Å². The molecule has 0 unspecified atom stereocenters. The summed E-state index contributed by atoms with van der Waals surface area (Å²) < 4.78 is 22.9. The van der Waals surface area contributed by atoms with Gasteiger partial charge < -0.3 is 34.0 Å². The molecule has 4 atom stereocenters. The van der Waals surface area contributed by atoms with Crippen LogP contribution in [0.4, 0.5) is 4.79 Å². The zero-order chi connectivity index (χ0) is 36.1. The number of nitrogens with zero attached hydrogens (tertiary/aromatic N) is 3. The van der Waals surface area contributed by atoms with Gasteiger partial charge in [-0.25, -0.2) is 14.6 Å². The van der Waals surface area contributed by atoms with E-state index in [-0.39, 0.29) is 32.0 Å². The average molecular weight is 695 g/mol. The first-order chi connectivity index (χ1) is 24.7. The lowest BCUT2D eigenvalue weighted by atomic mass is 10.1. The molecule has 1 N–H and O–H groups in total. The highest BCUT2D eigenvalue weighted by Crippen LogP contribution is 2.46. The molecule has 1 aromatic heterocycles. The molecule has 2 fully saturated rings. The smallest absolute Gasteiger partial charge is 0.353 e. The second kappa shape index (κ2) is 15.0. The maximum atomic E-state index is 14.3. The lowest BCUT2D eigenvalue weighted by molar-refractivity contribution is -0.149. The van der Waals surface area contributed by atoms with E-state index in [4.69, 9.17) is 28.8 Å². The minimum absolute atomic E-state index is 0.0562. The van der Waals surface area contributed by atoms with Crippen molar-refractivity contribution in [3.05, 3.63) is 91.5 Å². The minimum atomic E-state index is -1.24. The molecule has 1 aliphatic carbocycles. The molecule has 0 bridgehead atoms. The van der Waals surface area contributed by atoms with E-state index in [0.717, 1.165) is 10.9 Å². The number of pyridine rings is 1. The number of carbonyl (C=O) groups is 3. The van der Waals surface area contributed by atoms with E-state index in [0.29, 0.717) is 40.6 Å². The van der Waals surface area contributed by atoms with Gasteiger partial charge in [-0.2, -0.15) is 5.06 Å². The summed E-state index contributed by atoms with van der Waals surface area (Å²) in [6, 6.07) is 22.5. The van der Waals surface area contributed by atoms with Crippen molar-refractivity contribution in [2.75, 3.05) is 33.9 Å². The van der Waals surface area contributed by atoms with E-state index in [1.165, 1.54) is 17.1 Å². The third-order valence-electron chi connectivity index (χ3n) is 9.22. The summed E-state index contributed by atoms with van der Waals surface area (Å²) in [6.07, 6.45) is 1.52. The number of rotatable bonds is 13. The number of carbonyl (C=O) groups excluding carboxylic acids is 3. The van der Waals surface area contributed by atoms with Gasteiger partial charge in [-0.05, 0) is 44.5 Å². The largest absolute Gasteiger partial charge is 0.497 e. The lowest BCUT2D eigenvalue weighted by Gasteiger charge is -2.30. The Kier molecular flexibility index (Phi) is 10.3. The Morgan fingerprint density at radius 2 is 1.73 bits per heavy atom. The molecule has 3 amide bonds. The molecule has 1 aliphatic heterocycles. The van der Waals surface area contributed by atoms with Crippen molar-refractivity contribution < 1.29 is 38.2 Å². The predicted molar refractivity (Wildman–Crippen MR) is 190 cm³/mol. The van der Waals surface area contributed by atoms with Crippen LogP contribution in [0.2, 0.25) is 0 Å². The number of ether oxygens (including phenoxy) is 4. The molecule has 12 heteroatoms. The molecule has 6 rings (SSSR count). The number of fused-ring (bicyclic) bond motifs is 1. The van der Waals surface area contributed by atoms with Crippen LogP contribution in [0.5, 0.6) is 23.0 Å². The van der Waals surface area contributed by atoms with E-state index in [9.17, 15) is 14.4 Å². The topological polar surface area (TPSA) is 129 Å². The summed E-state index contributed by atoms with van der Waals surface area (Å²) in [6.45, 7) is 7.69. The number of urea groups is 1. The molecule has 0 spiro atoms. The van der Waals surface area contributed by atoms with Gasteiger partial charge in [0.2, 0.25) is 5.91 Å². The fraction of sp³-hybridized carbons (Fsp3) is 0.333. The number of esters is 1. The number of para-hydroxylation sites is 2. The summed E-state index contributed by atoms with van der Waals surface area (Å²) in [7, 11) is 3.11. The highest BCUT2D eigenvalue weighted by atomic mass is 16.7. The molecular weight excluding hydrogens is 652 g/mol. The van der Waals surface area contributed by atoms with Crippen LogP contribution in [0.1, 0.15) is 26.7 Å². The first-order valence-corrected chi connectivity index (χ1v) is 17.0. The first-order valence-electron chi connectivity index (χ1n) is 17.0. The van der Waals surface area contributed by atoms with Crippen LogP contribution in [-0.2, 0) is 14.3 Å². The van der Waals surface area contributed by atoms with Gasteiger partial charge in [0.15, 0.2) is 11.5 Å². The van der Waals surface area contributed by atoms with E-state index >= 15 is 0 Å². The molecule has 4 aromatic rings. The van der Waals surface area contributed by atoms with Crippen LogP contribution < -0.4 is 24.4 Å². The molecule has 2 heterocycles. The third-order valence-corrected chi connectivity index (χ3v) is 9.22. The maximum absolute atomic E-state index is 14.3. The van der Waals surface area contributed by atoms with E-state index < -0.39 is 35.6 Å². The normalized spacial score (nSPS) is 20.6. The Bertz CT molecular complexity index is 1920. The molecule has 2 aliphatic rings. The Balaban J connectivity index is 1.33. The van der Waals surface area contributed by atoms with Crippen LogP contribution in [0, 0.1) is 5.92 Å². The van der Waals surface area contributed by atoms with Gasteiger partial charge in [-0.15, -0.1) is 6.58 Å².